The molecule has 0 unspecified atom stereocenters. The molecule has 0 fully saturated rings. The van der Waals surface area contributed by atoms with Gasteiger partial charge >= 0.3 is 11.7 Å². The van der Waals surface area contributed by atoms with Crippen molar-refractivity contribution in [3.63, 3.8) is 0 Å². The van der Waals surface area contributed by atoms with Crippen LogP contribution in [0.2, 0.25) is 0 Å². The van der Waals surface area contributed by atoms with Gasteiger partial charge in [-0.1, -0.05) is 72.8 Å². The van der Waals surface area contributed by atoms with E-state index >= 15 is 0 Å². The lowest BCUT2D eigenvalue weighted by Gasteiger charge is -2.08. The number of hydrogen-bond donors (Lipinski definition) is 1. The van der Waals surface area contributed by atoms with Crippen LogP contribution in [0.1, 0.15) is 39.8 Å². The lowest BCUT2D eigenvalue weighted by Crippen LogP contribution is -2.20. The standard InChI is InChI=1S/C23H20N2O3/c1-2-28-22(26)21-19(15-13-17-9-5-3-6-10-17)24-23(27)25-20(21)16-14-18-11-7-4-8-12-18/h3-16H,2H2,1H3,(H,24,25,27)/b15-13+,16-14+. The molecular weight excluding hydrogens is 352 g/mol. The van der Waals surface area contributed by atoms with Crippen molar-refractivity contribution in [1.82, 2.24) is 9.97 Å². The molecule has 1 aromatic heterocycles. The molecule has 0 atom stereocenters. The Labute approximate surface area is 163 Å². The van der Waals surface area contributed by atoms with Crippen molar-refractivity contribution < 1.29 is 9.53 Å². The predicted molar refractivity (Wildman–Crippen MR) is 112 cm³/mol. The van der Waals surface area contributed by atoms with Crippen LogP contribution < -0.4 is 5.69 Å². The largest absolute Gasteiger partial charge is 0.462 e. The van der Waals surface area contributed by atoms with E-state index in [2.05, 4.69) is 9.97 Å². The monoisotopic (exact) mass is 372 g/mol. The highest BCUT2D eigenvalue weighted by atomic mass is 16.5. The second kappa shape index (κ2) is 9.28. The molecule has 3 aromatic rings. The number of nitrogens with zero attached hydrogens (tertiary/aromatic N) is 1. The number of esters is 1. The Bertz CT molecular complexity index is 978. The minimum atomic E-state index is -0.535. The summed E-state index contributed by atoms with van der Waals surface area (Å²) >= 11 is 0. The molecule has 0 amide bonds. The highest BCUT2D eigenvalue weighted by Crippen LogP contribution is 2.17. The predicted octanol–water partition coefficient (Wildman–Crippen LogP) is 4.29. The maximum absolute atomic E-state index is 12.6. The van der Waals surface area contributed by atoms with E-state index in [4.69, 9.17) is 4.74 Å². The molecule has 0 saturated carbocycles. The molecule has 0 aliphatic heterocycles. The van der Waals surface area contributed by atoms with Crippen LogP contribution >= 0.6 is 0 Å². The van der Waals surface area contributed by atoms with Crippen LogP contribution in [0.15, 0.2) is 65.5 Å². The molecular formula is C23H20N2O3. The number of carbonyl (C=O) groups excluding carboxylic acids is 1. The Morgan fingerprint density at radius 3 is 2.07 bits per heavy atom. The Morgan fingerprint density at radius 1 is 0.929 bits per heavy atom. The van der Waals surface area contributed by atoms with Gasteiger partial charge in [0.15, 0.2) is 0 Å². The number of carbonyl (C=O) groups is 1. The zero-order valence-electron chi connectivity index (χ0n) is 15.5. The van der Waals surface area contributed by atoms with Crippen LogP contribution in [-0.2, 0) is 4.74 Å². The number of nitrogens with one attached hydrogen (secondary N) is 1. The van der Waals surface area contributed by atoms with E-state index in [0.717, 1.165) is 11.1 Å². The first kappa shape index (κ1) is 19.0. The number of aromatic nitrogens is 2. The minimum Gasteiger partial charge on any atom is -0.462 e. The van der Waals surface area contributed by atoms with E-state index in [-0.39, 0.29) is 17.9 Å². The highest BCUT2D eigenvalue weighted by molar-refractivity contribution is 5.97. The lowest BCUT2D eigenvalue weighted by atomic mass is 10.1. The van der Waals surface area contributed by atoms with Gasteiger partial charge in [0, 0.05) is 0 Å². The molecule has 3 rings (SSSR count). The third-order valence-electron chi connectivity index (χ3n) is 3.94. The van der Waals surface area contributed by atoms with Crippen LogP contribution in [0.5, 0.6) is 0 Å². The molecule has 5 heteroatoms. The van der Waals surface area contributed by atoms with Crippen molar-refractivity contribution in [3.8, 4) is 0 Å². The molecule has 2 aromatic carbocycles. The van der Waals surface area contributed by atoms with E-state index in [9.17, 15) is 9.59 Å². The summed E-state index contributed by atoms with van der Waals surface area (Å²) in [7, 11) is 0. The van der Waals surface area contributed by atoms with Gasteiger partial charge in [0.1, 0.15) is 5.56 Å². The fourth-order valence-electron chi connectivity index (χ4n) is 2.66. The topological polar surface area (TPSA) is 72.0 Å². The minimum absolute atomic E-state index is 0.223. The molecule has 5 nitrogen and oxygen atoms in total. The number of rotatable bonds is 6. The normalized spacial score (nSPS) is 11.2. The van der Waals surface area contributed by atoms with Crippen molar-refractivity contribution in [1.29, 1.82) is 0 Å². The molecule has 0 spiro atoms. The summed E-state index contributed by atoms with van der Waals surface area (Å²) in [6.07, 6.45) is 6.95. The molecule has 28 heavy (non-hydrogen) atoms. The van der Waals surface area contributed by atoms with Gasteiger partial charge in [0.2, 0.25) is 0 Å². The average Bonchev–Trinajstić information content (AvgIpc) is 2.72. The second-order valence-electron chi connectivity index (χ2n) is 5.92. The van der Waals surface area contributed by atoms with Crippen LogP contribution in [-0.4, -0.2) is 22.5 Å². The van der Waals surface area contributed by atoms with Crippen molar-refractivity contribution in [2.24, 2.45) is 0 Å². The Morgan fingerprint density at radius 2 is 1.50 bits per heavy atom. The summed E-state index contributed by atoms with van der Waals surface area (Å²) in [5, 5.41) is 0. The van der Waals surface area contributed by atoms with Crippen molar-refractivity contribution in [2.45, 2.75) is 6.92 Å². The van der Waals surface area contributed by atoms with Gasteiger partial charge in [0.25, 0.3) is 0 Å². The Kier molecular flexibility index (Phi) is 6.31. The zero-order chi connectivity index (χ0) is 19.8. The summed E-state index contributed by atoms with van der Waals surface area (Å²) in [4.78, 5) is 31.3. The van der Waals surface area contributed by atoms with Crippen LogP contribution in [0.3, 0.4) is 0 Å². The molecule has 0 aliphatic carbocycles. The highest BCUT2D eigenvalue weighted by Gasteiger charge is 2.18. The van der Waals surface area contributed by atoms with Crippen molar-refractivity contribution in [2.75, 3.05) is 6.61 Å². The second-order valence-corrected chi connectivity index (χ2v) is 5.92. The summed E-state index contributed by atoms with van der Waals surface area (Å²) in [6.45, 7) is 1.96. The molecule has 0 saturated heterocycles. The van der Waals surface area contributed by atoms with E-state index in [1.54, 1.807) is 25.2 Å². The van der Waals surface area contributed by atoms with E-state index in [0.29, 0.717) is 5.69 Å². The Balaban J connectivity index is 2.06. The summed E-state index contributed by atoms with van der Waals surface area (Å²) in [5.41, 5.74) is 2.18. The van der Waals surface area contributed by atoms with Gasteiger partial charge in [-0.15, -0.1) is 0 Å². The first-order valence-electron chi connectivity index (χ1n) is 8.95. The summed E-state index contributed by atoms with van der Waals surface area (Å²) < 4.78 is 5.18. The zero-order valence-corrected chi connectivity index (χ0v) is 15.5. The van der Waals surface area contributed by atoms with E-state index in [1.165, 1.54) is 0 Å². The summed E-state index contributed by atoms with van der Waals surface area (Å²) in [6, 6.07) is 19.2. The maximum atomic E-state index is 12.6. The molecule has 0 aliphatic rings. The fraction of sp³-hybridized carbons (Fsp3) is 0.0870. The molecule has 1 heterocycles. The smallest absolute Gasteiger partial charge is 0.345 e. The van der Waals surface area contributed by atoms with Crippen molar-refractivity contribution >= 4 is 30.3 Å². The van der Waals surface area contributed by atoms with Crippen LogP contribution in [0.4, 0.5) is 0 Å². The van der Waals surface area contributed by atoms with Gasteiger partial charge in [-0.25, -0.2) is 9.59 Å². The van der Waals surface area contributed by atoms with Gasteiger partial charge in [-0.05, 0) is 30.2 Å². The molecule has 140 valence electrons. The van der Waals surface area contributed by atoms with Gasteiger partial charge < -0.3 is 9.72 Å². The van der Waals surface area contributed by atoms with E-state index in [1.807, 2.05) is 66.7 Å². The fourth-order valence-corrected chi connectivity index (χ4v) is 2.66. The van der Waals surface area contributed by atoms with Crippen molar-refractivity contribution in [3.05, 3.63) is 99.2 Å². The van der Waals surface area contributed by atoms with Gasteiger partial charge in [-0.2, -0.15) is 4.98 Å². The third-order valence-corrected chi connectivity index (χ3v) is 3.94. The molecule has 0 bridgehead atoms. The average molecular weight is 372 g/mol. The Hall–Kier alpha value is -3.73. The summed E-state index contributed by atoms with van der Waals surface area (Å²) in [5.74, 6) is -0.535. The number of benzene rings is 2. The quantitative estimate of drug-likeness (QED) is 0.655. The SMILES string of the molecule is CCOC(=O)c1c(/C=C/c2ccccc2)nc(=O)[nH]c1/C=C/c1ccccc1. The number of ether oxygens (including phenoxy) is 1. The lowest BCUT2D eigenvalue weighted by molar-refractivity contribution is 0.0524. The first-order valence-corrected chi connectivity index (χ1v) is 8.95. The van der Waals surface area contributed by atoms with Crippen LogP contribution in [0.25, 0.3) is 24.3 Å². The first-order chi connectivity index (χ1) is 13.7. The molecule has 1 N–H and O–H groups in total. The van der Waals surface area contributed by atoms with E-state index < -0.39 is 11.7 Å². The maximum Gasteiger partial charge on any atom is 0.345 e. The molecule has 0 radical (unpaired) electrons. The van der Waals surface area contributed by atoms with Crippen LogP contribution in [0, 0.1) is 0 Å². The van der Waals surface area contributed by atoms with Gasteiger partial charge in [-0.3, -0.25) is 0 Å². The number of H-pyrrole nitrogens is 1. The number of aromatic amines is 1. The van der Waals surface area contributed by atoms with Gasteiger partial charge in [0.05, 0.1) is 18.0 Å². The number of hydrogen-bond acceptors (Lipinski definition) is 4. The third kappa shape index (κ3) is 4.92.